The highest BCUT2D eigenvalue weighted by Crippen LogP contribution is 2.37. The number of carbonyl (C=O) groups is 1. The van der Waals surface area contributed by atoms with Gasteiger partial charge in [0.05, 0.1) is 17.8 Å². The Labute approximate surface area is 197 Å². The predicted molar refractivity (Wildman–Crippen MR) is 131 cm³/mol. The fourth-order valence-corrected chi connectivity index (χ4v) is 5.25. The van der Waals surface area contributed by atoms with E-state index in [1.807, 2.05) is 54.3 Å². The van der Waals surface area contributed by atoms with E-state index in [0.717, 1.165) is 47.6 Å². The van der Waals surface area contributed by atoms with Crippen LogP contribution in [0.5, 0.6) is 0 Å². The molecule has 0 aliphatic carbocycles. The molecule has 0 N–H and O–H groups in total. The molecular formula is C28H25FN4O. The number of anilines is 1. The number of carbonyl (C=O) groups excluding carboxylic acids is 1. The monoisotopic (exact) mass is 452 g/mol. The van der Waals surface area contributed by atoms with Crippen molar-refractivity contribution in [2.45, 2.75) is 19.4 Å². The van der Waals surface area contributed by atoms with Crippen LogP contribution in [-0.4, -0.2) is 46.5 Å². The molecule has 2 fully saturated rings. The Kier molecular flexibility index (Phi) is 5.01. The molecule has 0 radical (unpaired) electrons. The number of hydrogen-bond acceptors (Lipinski definition) is 4. The van der Waals surface area contributed by atoms with E-state index in [2.05, 4.69) is 20.9 Å². The Balaban J connectivity index is 1.27. The van der Waals surface area contributed by atoms with Crippen LogP contribution in [0, 0.1) is 18.7 Å². The van der Waals surface area contributed by atoms with Crippen molar-refractivity contribution in [2.24, 2.45) is 5.92 Å². The Morgan fingerprint density at radius 2 is 1.88 bits per heavy atom. The van der Waals surface area contributed by atoms with Crippen molar-refractivity contribution >= 4 is 22.8 Å². The lowest BCUT2D eigenvalue weighted by Gasteiger charge is -2.54. The van der Waals surface area contributed by atoms with Crippen molar-refractivity contribution in [2.75, 3.05) is 24.5 Å². The average molecular weight is 453 g/mol. The van der Waals surface area contributed by atoms with E-state index in [1.165, 1.54) is 6.07 Å². The summed E-state index contributed by atoms with van der Waals surface area (Å²) in [5, 5.41) is 0. The van der Waals surface area contributed by atoms with Crippen LogP contribution in [-0.2, 0) is 0 Å². The molecule has 0 spiro atoms. The molecule has 5 nitrogen and oxygen atoms in total. The number of hydrogen-bond donors (Lipinski definition) is 0. The number of aromatic nitrogens is 2. The van der Waals surface area contributed by atoms with Crippen molar-refractivity contribution in [3.05, 3.63) is 89.9 Å². The molecule has 34 heavy (non-hydrogen) atoms. The van der Waals surface area contributed by atoms with Gasteiger partial charge in [0.25, 0.3) is 5.91 Å². The van der Waals surface area contributed by atoms with Crippen LogP contribution in [0.1, 0.15) is 22.3 Å². The normalized spacial score (nSPS) is 19.6. The van der Waals surface area contributed by atoms with E-state index >= 15 is 0 Å². The number of amides is 1. The highest BCUT2D eigenvalue weighted by molar-refractivity contribution is 6.01. The molecular weight excluding hydrogens is 427 g/mol. The Bertz CT molecular complexity index is 1390. The van der Waals surface area contributed by atoms with Gasteiger partial charge in [0.2, 0.25) is 0 Å². The first kappa shape index (κ1) is 20.8. The second-order valence-electron chi connectivity index (χ2n) is 9.27. The number of halogens is 1. The Morgan fingerprint density at radius 3 is 2.74 bits per heavy atom. The summed E-state index contributed by atoms with van der Waals surface area (Å²) in [5.74, 6) is 0.980. The molecule has 2 aliphatic heterocycles. The summed E-state index contributed by atoms with van der Waals surface area (Å²) in [6.45, 7) is 4.31. The second-order valence-corrected chi connectivity index (χ2v) is 9.27. The maximum Gasteiger partial charge on any atom is 0.254 e. The molecule has 0 saturated carbocycles. The van der Waals surface area contributed by atoms with Crippen molar-refractivity contribution in [1.82, 2.24) is 14.9 Å². The van der Waals surface area contributed by atoms with Crippen molar-refractivity contribution in [3.63, 3.8) is 0 Å². The zero-order valence-corrected chi connectivity index (χ0v) is 19.0. The molecule has 4 aromatic rings. The third kappa shape index (κ3) is 3.50. The lowest BCUT2D eigenvalue weighted by atomic mass is 9.82. The third-order valence-corrected chi connectivity index (χ3v) is 7.13. The maximum absolute atomic E-state index is 14.0. The number of rotatable bonds is 3. The summed E-state index contributed by atoms with van der Waals surface area (Å²) in [7, 11) is 0. The van der Waals surface area contributed by atoms with Gasteiger partial charge in [-0.25, -0.2) is 14.4 Å². The van der Waals surface area contributed by atoms with E-state index in [9.17, 15) is 9.18 Å². The van der Waals surface area contributed by atoms with Gasteiger partial charge >= 0.3 is 0 Å². The minimum atomic E-state index is -0.361. The van der Waals surface area contributed by atoms with E-state index in [1.54, 1.807) is 18.3 Å². The van der Waals surface area contributed by atoms with Crippen LogP contribution in [0.2, 0.25) is 0 Å². The van der Waals surface area contributed by atoms with E-state index < -0.39 is 0 Å². The number of likely N-dealkylation sites (tertiary alicyclic amines) is 1. The number of aryl methyl sites for hydroxylation is 1. The first-order valence-corrected chi connectivity index (χ1v) is 11.7. The molecule has 3 aromatic carbocycles. The van der Waals surface area contributed by atoms with Crippen LogP contribution in [0.25, 0.3) is 22.2 Å². The van der Waals surface area contributed by atoms with Crippen LogP contribution >= 0.6 is 0 Å². The standard InChI is InChI=1S/C28H25FN4O/c1-18-10-11-21(19-6-3-2-4-7-19)22(14-18)28(34)32-13-12-20-16-33(25(20)17-32)26-15-30-27-23(29)8-5-9-24(27)31-26/h2-11,14-15,20,25H,12-13,16-17H2,1H3/t20-,25-/m0/s1. The molecule has 6 rings (SSSR count). The summed E-state index contributed by atoms with van der Waals surface area (Å²) in [6.07, 6.45) is 2.62. The minimum absolute atomic E-state index is 0.0690. The number of fused-ring (bicyclic) bond motifs is 2. The molecule has 2 saturated heterocycles. The summed E-state index contributed by atoms with van der Waals surface area (Å²) in [4.78, 5) is 26.9. The lowest BCUT2D eigenvalue weighted by Crippen LogP contribution is -2.65. The fraction of sp³-hybridized carbons (Fsp3) is 0.250. The largest absolute Gasteiger partial charge is 0.350 e. The van der Waals surface area contributed by atoms with Gasteiger partial charge in [-0.1, -0.05) is 54.1 Å². The van der Waals surface area contributed by atoms with Gasteiger partial charge in [0, 0.05) is 31.1 Å². The number of para-hydroxylation sites is 1. The van der Waals surface area contributed by atoms with Gasteiger partial charge in [-0.2, -0.15) is 0 Å². The highest BCUT2D eigenvalue weighted by atomic mass is 19.1. The Morgan fingerprint density at radius 1 is 1.03 bits per heavy atom. The predicted octanol–water partition coefficient (Wildman–Crippen LogP) is 5.10. The molecule has 6 heteroatoms. The van der Waals surface area contributed by atoms with E-state index in [-0.39, 0.29) is 23.3 Å². The summed E-state index contributed by atoms with van der Waals surface area (Å²) >= 11 is 0. The van der Waals surface area contributed by atoms with E-state index in [0.29, 0.717) is 18.0 Å². The third-order valence-electron chi connectivity index (χ3n) is 7.13. The van der Waals surface area contributed by atoms with Gasteiger partial charge in [0.1, 0.15) is 11.3 Å². The summed E-state index contributed by atoms with van der Waals surface area (Å²) < 4.78 is 14.0. The van der Waals surface area contributed by atoms with Crippen LogP contribution < -0.4 is 4.90 Å². The SMILES string of the molecule is Cc1ccc(-c2ccccc2)c(C(=O)N2CC[C@H]3CN(c4cnc5c(F)cccc5n4)[C@H]3C2)c1. The number of benzene rings is 3. The van der Waals surface area contributed by atoms with Crippen molar-refractivity contribution in [3.8, 4) is 11.1 Å². The highest BCUT2D eigenvalue weighted by Gasteiger charge is 2.44. The molecule has 170 valence electrons. The summed E-state index contributed by atoms with van der Waals surface area (Å²) in [5.41, 5.74) is 4.67. The molecule has 2 aliphatic rings. The van der Waals surface area contributed by atoms with Gasteiger partial charge in [-0.15, -0.1) is 0 Å². The zero-order chi connectivity index (χ0) is 23.2. The number of piperidine rings is 1. The Hall–Kier alpha value is -3.80. The van der Waals surface area contributed by atoms with Crippen LogP contribution in [0.4, 0.5) is 10.2 Å². The average Bonchev–Trinajstić information content (AvgIpc) is 2.85. The maximum atomic E-state index is 14.0. The zero-order valence-electron chi connectivity index (χ0n) is 19.0. The van der Waals surface area contributed by atoms with Gasteiger partial charge in [-0.3, -0.25) is 4.79 Å². The first-order valence-electron chi connectivity index (χ1n) is 11.7. The van der Waals surface area contributed by atoms with E-state index in [4.69, 9.17) is 0 Å². The molecule has 0 bridgehead atoms. The first-order chi connectivity index (χ1) is 16.6. The minimum Gasteiger partial charge on any atom is -0.350 e. The molecule has 3 heterocycles. The van der Waals surface area contributed by atoms with Crippen molar-refractivity contribution < 1.29 is 9.18 Å². The molecule has 2 atom stereocenters. The second kappa shape index (κ2) is 8.20. The summed E-state index contributed by atoms with van der Waals surface area (Å²) in [6, 6.07) is 21.2. The smallest absolute Gasteiger partial charge is 0.254 e. The molecule has 1 aromatic heterocycles. The van der Waals surface area contributed by atoms with Crippen LogP contribution in [0.3, 0.4) is 0 Å². The number of nitrogens with zero attached hydrogens (tertiary/aromatic N) is 4. The van der Waals surface area contributed by atoms with Gasteiger partial charge < -0.3 is 9.80 Å². The van der Waals surface area contributed by atoms with Gasteiger partial charge in [0.15, 0.2) is 5.82 Å². The lowest BCUT2D eigenvalue weighted by molar-refractivity contribution is 0.0592. The van der Waals surface area contributed by atoms with Crippen LogP contribution in [0.15, 0.2) is 72.9 Å². The molecule has 0 unspecified atom stereocenters. The molecule has 1 amide bonds. The van der Waals surface area contributed by atoms with Crippen molar-refractivity contribution in [1.29, 1.82) is 0 Å². The quantitative estimate of drug-likeness (QED) is 0.434. The fourth-order valence-electron chi connectivity index (χ4n) is 5.25. The topological polar surface area (TPSA) is 49.3 Å². The van der Waals surface area contributed by atoms with Gasteiger partial charge in [-0.05, 0) is 42.7 Å².